The lowest BCUT2D eigenvalue weighted by Crippen LogP contribution is -2.64. The fraction of sp³-hybridized carbons (Fsp3) is 0.778. The molecule has 0 aromatic carbocycles. The molecule has 0 unspecified atom stereocenters. The van der Waals surface area contributed by atoms with E-state index in [0.717, 1.165) is 39.0 Å². The number of aromatic nitrogens is 2. The van der Waals surface area contributed by atoms with E-state index in [0.29, 0.717) is 6.10 Å². The van der Waals surface area contributed by atoms with Crippen molar-refractivity contribution < 1.29 is 9.53 Å². The van der Waals surface area contributed by atoms with Gasteiger partial charge in [-0.3, -0.25) is 0 Å². The first-order valence-corrected chi connectivity index (χ1v) is 9.36. The molecule has 2 fully saturated rings. The number of hydrogen-bond acceptors (Lipinski definition) is 3. The maximum Gasteiger partial charge on any atom is 0.315 e. The lowest BCUT2D eigenvalue weighted by Gasteiger charge is -2.53. The first-order chi connectivity index (χ1) is 11.7. The van der Waals surface area contributed by atoms with Gasteiger partial charge in [0.2, 0.25) is 0 Å². The lowest BCUT2D eigenvalue weighted by molar-refractivity contribution is -0.126. The number of nitrogens with one attached hydrogen (secondary N) is 2. The summed E-state index contributed by atoms with van der Waals surface area (Å²) < 4.78 is 7.96. The second-order valence-corrected chi connectivity index (χ2v) is 7.08. The summed E-state index contributed by atoms with van der Waals surface area (Å²) >= 11 is 0. The van der Waals surface area contributed by atoms with Crippen molar-refractivity contribution in [3.8, 4) is 0 Å². The maximum absolute atomic E-state index is 12.2. The number of hydrogen-bond donors (Lipinski definition) is 2. The van der Waals surface area contributed by atoms with Gasteiger partial charge in [-0.1, -0.05) is 12.8 Å². The first kappa shape index (κ1) is 17.3. The summed E-state index contributed by atoms with van der Waals surface area (Å²) in [4.78, 5) is 16.2. The molecule has 2 aliphatic rings. The van der Waals surface area contributed by atoms with Crippen LogP contribution in [0, 0.1) is 5.41 Å². The molecule has 2 amide bonds. The molecule has 2 saturated carbocycles. The highest BCUT2D eigenvalue weighted by Crippen LogP contribution is 2.54. The van der Waals surface area contributed by atoms with Gasteiger partial charge in [-0.15, -0.1) is 0 Å². The zero-order valence-corrected chi connectivity index (χ0v) is 14.7. The van der Waals surface area contributed by atoms with Crippen LogP contribution in [0.1, 0.15) is 51.9 Å². The second kappa shape index (κ2) is 8.01. The van der Waals surface area contributed by atoms with Crippen molar-refractivity contribution in [3.05, 3.63) is 18.7 Å². The van der Waals surface area contributed by atoms with Gasteiger partial charge < -0.3 is 19.9 Å². The average molecular weight is 334 g/mol. The molecule has 1 aromatic rings. The van der Waals surface area contributed by atoms with Crippen LogP contribution in [0.4, 0.5) is 4.79 Å². The van der Waals surface area contributed by atoms with E-state index in [1.165, 1.54) is 25.7 Å². The third-order valence-electron chi connectivity index (χ3n) is 5.68. The highest BCUT2D eigenvalue weighted by Gasteiger charge is 2.57. The van der Waals surface area contributed by atoms with Gasteiger partial charge in [0.25, 0.3) is 0 Å². The number of carbonyl (C=O) groups is 1. The van der Waals surface area contributed by atoms with Gasteiger partial charge in [0.05, 0.1) is 12.4 Å². The molecule has 1 spiro atoms. The van der Waals surface area contributed by atoms with E-state index in [4.69, 9.17) is 4.74 Å². The second-order valence-electron chi connectivity index (χ2n) is 7.08. The third kappa shape index (κ3) is 3.74. The van der Waals surface area contributed by atoms with Crippen molar-refractivity contribution in [2.24, 2.45) is 5.41 Å². The summed E-state index contributed by atoms with van der Waals surface area (Å²) in [5, 5.41) is 6.20. The SMILES string of the molecule is CCO[C@H]1C[C@H](NC(=O)NCCCCn2ccnc2)C12CCCC2. The van der Waals surface area contributed by atoms with Gasteiger partial charge >= 0.3 is 6.03 Å². The van der Waals surface area contributed by atoms with Crippen LogP contribution < -0.4 is 10.6 Å². The number of imidazole rings is 1. The van der Waals surface area contributed by atoms with Crippen molar-refractivity contribution in [3.63, 3.8) is 0 Å². The summed E-state index contributed by atoms with van der Waals surface area (Å²) in [6.07, 6.45) is 13.8. The van der Waals surface area contributed by atoms with Crippen molar-refractivity contribution in [1.29, 1.82) is 0 Å². The summed E-state index contributed by atoms with van der Waals surface area (Å²) in [5.74, 6) is 0. The Balaban J connectivity index is 1.34. The van der Waals surface area contributed by atoms with Crippen molar-refractivity contribution in [2.45, 2.75) is 70.6 Å². The van der Waals surface area contributed by atoms with E-state index in [1.807, 2.05) is 12.5 Å². The molecule has 3 rings (SSSR count). The fourth-order valence-corrected chi connectivity index (χ4v) is 4.34. The zero-order valence-electron chi connectivity index (χ0n) is 14.7. The molecule has 0 aliphatic heterocycles. The van der Waals surface area contributed by atoms with Gasteiger partial charge in [0, 0.05) is 43.5 Å². The molecule has 2 aliphatic carbocycles. The number of nitrogens with zero attached hydrogens (tertiary/aromatic N) is 2. The van der Waals surface area contributed by atoms with Crippen LogP contribution in [0.25, 0.3) is 0 Å². The van der Waals surface area contributed by atoms with Gasteiger partial charge in [0.1, 0.15) is 0 Å². The van der Waals surface area contributed by atoms with Crippen molar-refractivity contribution >= 4 is 6.03 Å². The molecular weight excluding hydrogens is 304 g/mol. The van der Waals surface area contributed by atoms with E-state index < -0.39 is 0 Å². The summed E-state index contributed by atoms with van der Waals surface area (Å²) in [5.41, 5.74) is 0.203. The van der Waals surface area contributed by atoms with E-state index in [9.17, 15) is 4.79 Å². The minimum atomic E-state index is -0.0242. The van der Waals surface area contributed by atoms with Crippen LogP contribution in [0.2, 0.25) is 0 Å². The van der Waals surface area contributed by atoms with Crippen molar-refractivity contribution in [2.75, 3.05) is 13.2 Å². The molecular formula is C18H30N4O2. The quantitative estimate of drug-likeness (QED) is 0.718. The topological polar surface area (TPSA) is 68.2 Å². The maximum atomic E-state index is 12.2. The van der Waals surface area contributed by atoms with Crippen molar-refractivity contribution in [1.82, 2.24) is 20.2 Å². The van der Waals surface area contributed by atoms with Crippen LogP contribution in [0.15, 0.2) is 18.7 Å². The molecule has 0 saturated heterocycles. The molecule has 24 heavy (non-hydrogen) atoms. The fourth-order valence-electron chi connectivity index (χ4n) is 4.34. The van der Waals surface area contributed by atoms with Gasteiger partial charge in [-0.25, -0.2) is 9.78 Å². The highest BCUT2D eigenvalue weighted by atomic mass is 16.5. The average Bonchev–Trinajstić information content (AvgIpc) is 3.26. The van der Waals surface area contributed by atoms with E-state index >= 15 is 0 Å². The number of ether oxygens (including phenoxy) is 1. The molecule has 0 bridgehead atoms. The predicted molar refractivity (Wildman–Crippen MR) is 92.7 cm³/mol. The lowest BCUT2D eigenvalue weighted by atomic mass is 9.60. The molecule has 1 aromatic heterocycles. The molecule has 2 atom stereocenters. The Hall–Kier alpha value is -1.56. The third-order valence-corrected chi connectivity index (χ3v) is 5.68. The summed E-state index contributed by atoms with van der Waals surface area (Å²) in [6.45, 7) is 4.49. The largest absolute Gasteiger partial charge is 0.378 e. The van der Waals surface area contributed by atoms with E-state index in [-0.39, 0.29) is 17.5 Å². The van der Waals surface area contributed by atoms with E-state index in [2.05, 4.69) is 27.1 Å². The van der Waals surface area contributed by atoms with Gasteiger partial charge in [-0.2, -0.15) is 0 Å². The number of amides is 2. The van der Waals surface area contributed by atoms with Crippen LogP contribution >= 0.6 is 0 Å². The standard InChI is InChI=1S/C18H30N4O2/c1-2-24-16-13-15(18(16)7-3-4-8-18)21-17(23)20-9-5-6-11-22-12-10-19-14-22/h10,12,14-16H,2-9,11,13H2,1H3,(H2,20,21,23)/t15-,16-/m0/s1. The van der Waals surface area contributed by atoms with Gasteiger partial charge in [0.15, 0.2) is 0 Å². The number of carbonyl (C=O) groups excluding carboxylic acids is 1. The monoisotopic (exact) mass is 334 g/mol. The Morgan fingerprint density at radius 2 is 2.21 bits per heavy atom. The van der Waals surface area contributed by atoms with Crippen LogP contribution in [0.3, 0.4) is 0 Å². The Bertz CT molecular complexity index is 511. The molecule has 6 nitrogen and oxygen atoms in total. The summed E-state index contributed by atoms with van der Waals surface area (Å²) in [6, 6.07) is 0.256. The van der Waals surface area contributed by atoms with Crippen LogP contribution in [-0.4, -0.2) is 40.9 Å². The smallest absolute Gasteiger partial charge is 0.315 e. The number of unbranched alkanes of at least 4 members (excludes halogenated alkanes) is 1. The Kier molecular flexibility index (Phi) is 5.76. The number of aryl methyl sites for hydroxylation is 1. The van der Waals surface area contributed by atoms with Crippen LogP contribution in [0.5, 0.6) is 0 Å². The predicted octanol–water partition coefficient (Wildman–Crippen LogP) is 2.70. The molecule has 6 heteroatoms. The Morgan fingerprint density at radius 3 is 2.92 bits per heavy atom. The van der Waals surface area contributed by atoms with Crippen LogP contribution in [-0.2, 0) is 11.3 Å². The van der Waals surface area contributed by atoms with E-state index in [1.54, 1.807) is 6.20 Å². The Morgan fingerprint density at radius 1 is 1.38 bits per heavy atom. The molecule has 2 N–H and O–H groups in total. The number of urea groups is 1. The number of rotatable bonds is 8. The Labute approximate surface area is 144 Å². The summed E-state index contributed by atoms with van der Waals surface area (Å²) in [7, 11) is 0. The minimum absolute atomic E-state index is 0.0242. The molecule has 1 heterocycles. The zero-order chi connectivity index (χ0) is 16.8. The first-order valence-electron chi connectivity index (χ1n) is 9.36. The normalized spacial score (nSPS) is 24.7. The molecule has 134 valence electrons. The molecule has 0 radical (unpaired) electrons. The highest BCUT2D eigenvalue weighted by molar-refractivity contribution is 5.74. The minimum Gasteiger partial charge on any atom is -0.378 e. The van der Waals surface area contributed by atoms with Gasteiger partial charge in [-0.05, 0) is 39.0 Å².